The highest BCUT2D eigenvalue weighted by Gasteiger charge is 2.25. The van der Waals surface area contributed by atoms with Crippen LogP contribution >= 0.6 is 11.9 Å². The van der Waals surface area contributed by atoms with Crippen LogP contribution in [0.25, 0.3) is 0 Å². The monoisotopic (exact) mass is 223 g/mol. The van der Waals surface area contributed by atoms with Gasteiger partial charge in [-0.05, 0) is 41.5 Å². The van der Waals surface area contributed by atoms with Gasteiger partial charge < -0.3 is 0 Å². The van der Waals surface area contributed by atoms with Crippen molar-refractivity contribution >= 4 is 11.9 Å². The molecule has 0 spiro atoms. The van der Waals surface area contributed by atoms with Gasteiger partial charge in [0.05, 0.1) is 4.90 Å². The molecule has 1 aliphatic carbocycles. The Morgan fingerprint density at radius 3 is 2.67 bits per heavy atom. The van der Waals surface area contributed by atoms with Gasteiger partial charge in [-0.25, -0.2) is 0 Å². The molecule has 0 radical (unpaired) electrons. The molecule has 0 aromatic heterocycles. The summed E-state index contributed by atoms with van der Waals surface area (Å²) in [5.41, 5.74) is 2.64. The highest BCUT2D eigenvalue weighted by molar-refractivity contribution is 7.93. The summed E-state index contributed by atoms with van der Waals surface area (Å²) in [5, 5.41) is 10.4. The molecule has 0 heterocycles. The van der Waals surface area contributed by atoms with Gasteiger partial charge >= 0.3 is 0 Å². The van der Waals surface area contributed by atoms with Crippen LogP contribution in [0.4, 0.5) is 0 Å². The van der Waals surface area contributed by atoms with Gasteiger partial charge in [-0.2, -0.15) is 0 Å². The molecule has 1 aromatic carbocycles. The van der Waals surface area contributed by atoms with Crippen molar-refractivity contribution < 1.29 is 4.33 Å². The van der Waals surface area contributed by atoms with Gasteiger partial charge in [0.1, 0.15) is 4.33 Å². The normalized spacial score (nSPS) is 23.9. The van der Waals surface area contributed by atoms with Gasteiger partial charge in [0.15, 0.2) is 0 Å². The minimum atomic E-state index is -0.356. The Labute approximate surface area is 93.2 Å². The third kappa shape index (κ3) is 2.00. The average Bonchev–Trinajstić information content (AvgIpc) is 2.41. The summed E-state index contributed by atoms with van der Waals surface area (Å²) in [6.45, 7) is 4.39. The molecule has 2 unspecified atom stereocenters. The third-order valence-corrected chi connectivity index (χ3v) is 3.62. The molecule has 0 amide bonds. The first-order chi connectivity index (χ1) is 7.08. The lowest BCUT2D eigenvalue weighted by Gasteiger charge is -2.04. The van der Waals surface area contributed by atoms with Crippen LogP contribution in [0.1, 0.15) is 43.2 Å². The van der Waals surface area contributed by atoms with E-state index in [9.17, 15) is 10.1 Å². The quantitative estimate of drug-likeness (QED) is 0.437. The zero-order chi connectivity index (χ0) is 11.0. The first-order valence-electron chi connectivity index (χ1n) is 5.04. The van der Waals surface area contributed by atoms with Crippen LogP contribution in [0.3, 0.4) is 0 Å². The van der Waals surface area contributed by atoms with Crippen LogP contribution in [0.2, 0.25) is 0 Å². The summed E-state index contributed by atoms with van der Waals surface area (Å²) in [6.07, 6.45) is 1.15. The standard InChI is InChI=1S/C11H13NO2S/c1-7-5-8(2)11-6-9(15-12(13)14)3-4-10(7)11/h3-4,6-8H,5H2,1-2H3. The van der Waals surface area contributed by atoms with Crippen molar-refractivity contribution in [1.29, 1.82) is 0 Å². The van der Waals surface area contributed by atoms with E-state index in [-0.39, 0.29) is 4.33 Å². The van der Waals surface area contributed by atoms with Gasteiger partial charge in [0, 0.05) is 0 Å². The molecule has 4 heteroatoms. The maximum Gasteiger partial charge on any atom is 0.265 e. The van der Waals surface area contributed by atoms with Crippen molar-refractivity contribution in [3.05, 3.63) is 39.4 Å². The summed E-state index contributed by atoms with van der Waals surface area (Å²) in [5.74, 6) is 1.12. The summed E-state index contributed by atoms with van der Waals surface area (Å²) >= 11 is 0.690. The number of nitrogens with zero attached hydrogens (tertiary/aromatic N) is 1. The van der Waals surface area contributed by atoms with E-state index in [1.807, 2.05) is 18.2 Å². The van der Waals surface area contributed by atoms with Crippen LogP contribution < -0.4 is 0 Å². The maximum atomic E-state index is 10.4. The van der Waals surface area contributed by atoms with Crippen LogP contribution in [-0.4, -0.2) is 4.33 Å². The highest BCUT2D eigenvalue weighted by atomic mass is 32.2. The number of fused-ring (bicyclic) bond motifs is 1. The van der Waals surface area contributed by atoms with Gasteiger partial charge in [0.2, 0.25) is 0 Å². The molecule has 2 atom stereocenters. The maximum absolute atomic E-state index is 10.4. The molecular weight excluding hydrogens is 210 g/mol. The van der Waals surface area contributed by atoms with Gasteiger partial charge in [-0.15, -0.1) is 0 Å². The fraction of sp³-hybridized carbons (Fsp3) is 0.455. The third-order valence-electron chi connectivity index (χ3n) is 3.01. The van der Waals surface area contributed by atoms with E-state index in [4.69, 9.17) is 0 Å². The number of hydrogen-bond acceptors (Lipinski definition) is 3. The molecule has 0 bridgehead atoms. The number of rotatable bonds is 2. The van der Waals surface area contributed by atoms with Crippen molar-refractivity contribution in [2.45, 2.75) is 37.0 Å². The summed E-state index contributed by atoms with van der Waals surface area (Å²) < 4.78 is -0.356. The molecule has 80 valence electrons. The molecule has 2 rings (SSSR count). The number of nitro groups is 1. The predicted octanol–water partition coefficient (Wildman–Crippen LogP) is 3.58. The summed E-state index contributed by atoms with van der Waals surface area (Å²) in [4.78, 5) is 11.1. The van der Waals surface area contributed by atoms with E-state index in [0.717, 1.165) is 11.3 Å². The molecule has 0 fully saturated rings. The first-order valence-corrected chi connectivity index (χ1v) is 5.81. The summed E-state index contributed by atoms with van der Waals surface area (Å²) in [6, 6.07) is 5.85. The molecule has 15 heavy (non-hydrogen) atoms. The first kappa shape index (κ1) is 10.5. The number of benzene rings is 1. The van der Waals surface area contributed by atoms with E-state index in [1.165, 1.54) is 11.1 Å². The Balaban J connectivity index is 2.34. The van der Waals surface area contributed by atoms with Gasteiger partial charge in [-0.3, -0.25) is 10.1 Å². The van der Waals surface area contributed by atoms with E-state index in [1.54, 1.807) is 0 Å². The second kappa shape index (κ2) is 3.85. The van der Waals surface area contributed by atoms with Gasteiger partial charge in [0.25, 0.3) is 11.9 Å². The zero-order valence-electron chi connectivity index (χ0n) is 8.77. The lowest BCUT2D eigenvalue weighted by Crippen LogP contribution is -1.89. The Kier molecular flexibility index (Phi) is 2.69. The van der Waals surface area contributed by atoms with Crippen molar-refractivity contribution in [2.75, 3.05) is 0 Å². The largest absolute Gasteiger partial charge is 0.265 e. The lowest BCUT2D eigenvalue weighted by atomic mass is 10.0. The highest BCUT2D eigenvalue weighted by Crippen LogP contribution is 2.42. The second-order valence-corrected chi connectivity index (χ2v) is 5.10. The van der Waals surface area contributed by atoms with Crippen LogP contribution in [0.5, 0.6) is 0 Å². The van der Waals surface area contributed by atoms with E-state index < -0.39 is 0 Å². The van der Waals surface area contributed by atoms with Crippen LogP contribution in [0, 0.1) is 10.1 Å². The van der Waals surface area contributed by atoms with Crippen molar-refractivity contribution in [3.8, 4) is 0 Å². The lowest BCUT2D eigenvalue weighted by molar-refractivity contribution is -0.284. The fourth-order valence-electron chi connectivity index (χ4n) is 2.36. The molecule has 0 aliphatic heterocycles. The smallest absolute Gasteiger partial charge is 0.250 e. The second-order valence-electron chi connectivity index (χ2n) is 4.14. The van der Waals surface area contributed by atoms with Crippen molar-refractivity contribution in [1.82, 2.24) is 0 Å². The van der Waals surface area contributed by atoms with Gasteiger partial charge in [-0.1, -0.05) is 19.9 Å². The summed E-state index contributed by atoms with van der Waals surface area (Å²) in [7, 11) is 0. The van der Waals surface area contributed by atoms with Crippen LogP contribution in [0.15, 0.2) is 23.1 Å². The Bertz CT molecular complexity index is 406. The van der Waals surface area contributed by atoms with Crippen molar-refractivity contribution in [3.63, 3.8) is 0 Å². The minimum absolute atomic E-state index is 0.356. The SMILES string of the molecule is CC1CC(C)c2cc(S[N+](=O)[O-])ccc21. The van der Waals surface area contributed by atoms with Crippen molar-refractivity contribution in [2.24, 2.45) is 0 Å². The Morgan fingerprint density at radius 1 is 1.33 bits per heavy atom. The Hall–Kier alpha value is -1.03. The minimum Gasteiger partial charge on any atom is -0.250 e. The van der Waals surface area contributed by atoms with E-state index in [2.05, 4.69) is 13.8 Å². The molecule has 0 N–H and O–H groups in total. The zero-order valence-corrected chi connectivity index (χ0v) is 9.58. The van der Waals surface area contributed by atoms with E-state index in [0.29, 0.717) is 23.8 Å². The average molecular weight is 223 g/mol. The Morgan fingerprint density at radius 2 is 2.00 bits per heavy atom. The molecule has 3 nitrogen and oxygen atoms in total. The molecular formula is C11H13NO2S. The fourth-order valence-corrected chi connectivity index (χ4v) is 2.84. The molecule has 1 aromatic rings. The van der Waals surface area contributed by atoms with Crippen LogP contribution in [-0.2, 0) is 0 Å². The van der Waals surface area contributed by atoms with E-state index >= 15 is 0 Å². The molecule has 0 saturated carbocycles. The topological polar surface area (TPSA) is 43.1 Å². The predicted molar refractivity (Wildman–Crippen MR) is 60.7 cm³/mol. The molecule has 1 aliphatic rings. The number of hydrogen-bond donors (Lipinski definition) is 0. The molecule has 0 saturated heterocycles.